The normalized spacial score (nSPS) is 16.7. The van der Waals surface area contributed by atoms with Gasteiger partial charge in [-0.15, -0.1) is 0 Å². The lowest BCUT2D eigenvalue weighted by atomic mass is 9.87. The number of alkyl carbamates (subject to hydrolysis) is 1. The number of nitrogens with one attached hydrogen (secondary N) is 1. The summed E-state index contributed by atoms with van der Waals surface area (Å²) in [4.78, 5) is 23.7. The molecule has 0 bridgehead atoms. The molecule has 0 radical (unpaired) electrons. The van der Waals surface area contributed by atoms with E-state index in [1.54, 1.807) is 12.1 Å². The Morgan fingerprint density at radius 1 is 0.935 bits per heavy atom. The topological polar surface area (TPSA) is 75.6 Å². The summed E-state index contributed by atoms with van der Waals surface area (Å²) in [7, 11) is 0. The zero-order chi connectivity index (χ0) is 21.4. The first-order chi connectivity index (χ1) is 15.1. The second-order valence-corrected chi connectivity index (χ2v) is 8.20. The smallest absolute Gasteiger partial charge is 0.407 e. The highest BCUT2D eigenvalue weighted by Gasteiger charge is 2.29. The molecule has 1 unspecified atom stereocenters. The number of amides is 1. The Kier molecular flexibility index (Phi) is 4.94. The Morgan fingerprint density at radius 3 is 2.29 bits per heavy atom. The highest BCUT2D eigenvalue weighted by Crippen LogP contribution is 2.44. The molecule has 5 heteroatoms. The lowest BCUT2D eigenvalue weighted by molar-refractivity contribution is 0.0696. The molecular weight excluding hydrogens is 390 g/mol. The second-order valence-electron chi connectivity index (χ2n) is 8.20. The van der Waals surface area contributed by atoms with Gasteiger partial charge < -0.3 is 15.2 Å². The largest absolute Gasteiger partial charge is 0.478 e. The van der Waals surface area contributed by atoms with E-state index in [2.05, 4.69) is 29.6 Å². The predicted molar refractivity (Wildman–Crippen MR) is 117 cm³/mol. The zero-order valence-corrected chi connectivity index (χ0v) is 17.0. The maximum Gasteiger partial charge on any atom is 0.407 e. The molecule has 0 aromatic heterocycles. The van der Waals surface area contributed by atoms with E-state index in [-0.39, 0.29) is 12.0 Å². The summed E-state index contributed by atoms with van der Waals surface area (Å²) in [5.74, 6) is -0.874. The number of carboxylic acid groups (broad SMARTS) is 1. The molecule has 31 heavy (non-hydrogen) atoms. The van der Waals surface area contributed by atoms with Crippen molar-refractivity contribution in [2.75, 3.05) is 6.61 Å². The molecule has 0 saturated heterocycles. The third-order valence-corrected chi connectivity index (χ3v) is 6.35. The molecule has 0 heterocycles. The molecule has 1 atom stereocenters. The number of carbonyl (C=O) groups excluding carboxylic acids is 1. The van der Waals surface area contributed by atoms with E-state index < -0.39 is 12.1 Å². The average Bonchev–Trinajstić information content (AvgIpc) is 3.11. The van der Waals surface area contributed by atoms with E-state index >= 15 is 0 Å². The molecule has 2 N–H and O–H groups in total. The van der Waals surface area contributed by atoms with Crippen molar-refractivity contribution in [1.82, 2.24) is 5.32 Å². The summed E-state index contributed by atoms with van der Waals surface area (Å²) in [6.45, 7) is 0.297. The molecule has 2 aliphatic rings. The minimum Gasteiger partial charge on any atom is -0.478 e. The number of ether oxygens (including phenoxy) is 1. The van der Waals surface area contributed by atoms with E-state index in [1.165, 1.54) is 22.3 Å². The van der Waals surface area contributed by atoms with Gasteiger partial charge in [0.1, 0.15) is 6.61 Å². The fourth-order valence-corrected chi connectivity index (χ4v) is 4.82. The van der Waals surface area contributed by atoms with E-state index in [0.29, 0.717) is 18.6 Å². The maximum absolute atomic E-state index is 12.5. The molecule has 5 nitrogen and oxygen atoms in total. The van der Waals surface area contributed by atoms with E-state index in [0.717, 1.165) is 24.0 Å². The fourth-order valence-electron chi connectivity index (χ4n) is 4.82. The van der Waals surface area contributed by atoms with Crippen LogP contribution in [0, 0.1) is 0 Å². The quantitative estimate of drug-likeness (QED) is 0.645. The summed E-state index contributed by atoms with van der Waals surface area (Å²) in [5.41, 5.74) is 7.23. The van der Waals surface area contributed by atoms with Crippen molar-refractivity contribution in [3.05, 3.63) is 94.5 Å². The standard InChI is InChI=1S/C26H23NO4/c28-25(29)18-10-9-17-14-19(12-11-16(17)13-18)27-26(30)31-15-24-22-7-3-1-5-20(22)21-6-2-4-8-23(21)24/h1-10,13,19,24H,11-12,14-15H2,(H,27,30)(H,28,29). The molecule has 5 rings (SSSR count). The number of fused-ring (bicyclic) bond motifs is 4. The number of carbonyl (C=O) groups is 2. The number of benzene rings is 3. The minimum atomic E-state index is -0.915. The number of aromatic carboxylic acids is 1. The van der Waals surface area contributed by atoms with E-state index in [4.69, 9.17) is 9.84 Å². The van der Waals surface area contributed by atoms with Crippen LogP contribution in [-0.2, 0) is 17.6 Å². The average molecular weight is 413 g/mol. The van der Waals surface area contributed by atoms with Crippen LogP contribution in [0.3, 0.4) is 0 Å². The van der Waals surface area contributed by atoms with Gasteiger partial charge in [-0.3, -0.25) is 0 Å². The van der Waals surface area contributed by atoms with Gasteiger partial charge >= 0.3 is 12.1 Å². The van der Waals surface area contributed by atoms with Crippen LogP contribution in [0.1, 0.15) is 45.0 Å². The Bertz CT molecular complexity index is 1120. The number of hydrogen-bond acceptors (Lipinski definition) is 3. The van der Waals surface area contributed by atoms with Crippen LogP contribution in [0.15, 0.2) is 66.7 Å². The first-order valence-corrected chi connectivity index (χ1v) is 10.6. The van der Waals surface area contributed by atoms with Gasteiger partial charge in [-0.25, -0.2) is 9.59 Å². The third kappa shape index (κ3) is 3.67. The van der Waals surface area contributed by atoms with Gasteiger partial charge in [0, 0.05) is 12.0 Å². The Hall–Kier alpha value is -3.60. The van der Waals surface area contributed by atoms with Crippen LogP contribution in [0.4, 0.5) is 4.79 Å². The molecule has 3 aromatic rings. The Labute approximate surface area is 180 Å². The van der Waals surface area contributed by atoms with Gasteiger partial charge in [0.2, 0.25) is 0 Å². The van der Waals surface area contributed by atoms with Crippen molar-refractivity contribution in [3.8, 4) is 11.1 Å². The molecule has 0 aliphatic heterocycles. The van der Waals surface area contributed by atoms with Crippen LogP contribution < -0.4 is 5.32 Å². The molecule has 0 saturated carbocycles. The fraction of sp³-hybridized carbons (Fsp3) is 0.231. The van der Waals surface area contributed by atoms with Gasteiger partial charge in [-0.1, -0.05) is 54.6 Å². The summed E-state index contributed by atoms with van der Waals surface area (Å²) < 4.78 is 5.65. The number of rotatable bonds is 4. The Morgan fingerprint density at radius 2 is 1.61 bits per heavy atom. The first kappa shape index (κ1) is 19.4. The highest BCUT2D eigenvalue weighted by molar-refractivity contribution is 5.88. The van der Waals surface area contributed by atoms with Gasteiger partial charge in [-0.2, -0.15) is 0 Å². The van der Waals surface area contributed by atoms with E-state index in [9.17, 15) is 9.59 Å². The Balaban J connectivity index is 1.23. The number of aryl methyl sites for hydroxylation is 1. The summed E-state index contributed by atoms with van der Waals surface area (Å²) >= 11 is 0. The van der Waals surface area contributed by atoms with Crippen LogP contribution in [0.2, 0.25) is 0 Å². The van der Waals surface area contributed by atoms with Crippen molar-refractivity contribution in [2.45, 2.75) is 31.2 Å². The zero-order valence-electron chi connectivity index (χ0n) is 17.0. The molecule has 2 aliphatic carbocycles. The third-order valence-electron chi connectivity index (χ3n) is 6.35. The molecule has 156 valence electrons. The van der Waals surface area contributed by atoms with Crippen molar-refractivity contribution >= 4 is 12.1 Å². The number of hydrogen-bond donors (Lipinski definition) is 2. The van der Waals surface area contributed by atoms with Gasteiger partial charge in [0.15, 0.2) is 0 Å². The van der Waals surface area contributed by atoms with Crippen molar-refractivity contribution in [3.63, 3.8) is 0 Å². The highest BCUT2D eigenvalue weighted by atomic mass is 16.5. The van der Waals surface area contributed by atoms with Crippen molar-refractivity contribution in [2.24, 2.45) is 0 Å². The van der Waals surface area contributed by atoms with Crippen LogP contribution in [-0.4, -0.2) is 29.8 Å². The first-order valence-electron chi connectivity index (χ1n) is 10.6. The van der Waals surface area contributed by atoms with Crippen LogP contribution in [0.5, 0.6) is 0 Å². The molecule has 0 fully saturated rings. The molecular formula is C26H23NO4. The second kappa shape index (κ2) is 7.91. The SMILES string of the molecule is O=C(NC1CCc2cc(C(=O)O)ccc2C1)OCC1c2ccccc2-c2ccccc21. The maximum atomic E-state index is 12.5. The van der Waals surface area contributed by atoms with Crippen LogP contribution in [0.25, 0.3) is 11.1 Å². The van der Waals surface area contributed by atoms with Crippen molar-refractivity contribution < 1.29 is 19.4 Å². The lowest BCUT2D eigenvalue weighted by Crippen LogP contribution is -2.39. The van der Waals surface area contributed by atoms with Gasteiger partial charge in [0.05, 0.1) is 5.56 Å². The molecule has 0 spiro atoms. The van der Waals surface area contributed by atoms with Crippen LogP contribution >= 0.6 is 0 Å². The summed E-state index contributed by atoms with van der Waals surface area (Å²) in [6.07, 6.45) is 1.78. The van der Waals surface area contributed by atoms with E-state index in [1.807, 2.05) is 30.3 Å². The predicted octanol–water partition coefficient (Wildman–Crippen LogP) is 4.78. The minimum absolute atomic E-state index is 0.0150. The summed E-state index contributed by atoms with van der Waals surface area (Å²) in [6, 6.07) is 21.7. The number of carboxylic acids is 1. The molecule has 3 aromatic carbocycles. The monoisotopic (exact) mass is 413 g/mol. The van der Waals surface area contributed by atoms with Gasteiger partial charge in [-0.05, 0) is 64.8 Å². The summed E-state index contributed by atoms with van der Waals surface area (Å²) in [5, 5.41) is 12.1. The van der Waals surface area contributed by atoms with Crippen molar-refractivity contribution in [1.29, 1.82) is 0 Å². The lowest BCUT2D eigenvalue weighted by Gasteiger charge is -2.26. The molecule has 1 amide bonds. The van der Waals surface area contributed by atoms with Gasteiger partial charge in [0.25, 0.3) is 0 Å².